The number of nitrogens with two attached hydrogens (primary N) is 1. The van der Waals surface area contributed by atoms with Gasteiger partial charge in [0.05, 0.1) is 5.56 Å². The molecule has 0 amide bonds. The average Bonchev–Trinajstić information content (AvgIpc) is 2.25. The van der Waals surface area contributed by atoms with Crippen molar-refractivity contribution >= 4 is 15.9 Å². The molecule has 0 aromatic heterocycles. The van der Waals surface area contributed by atoms with Crippen LogP contribution in [0.2, 0.25) is 0 Å². The van der Waals surface area contributed by atoms with Gasteiger partial charge in [0.1, 0.15) is 0 Å². The standard InChI is InChI=1S/C12H15BrF3N/c1-3-7(2)11(17)9-5-4-8(13)6-10(9)12(14,15)16/h4-7,11H,3,17H2,1-2H3. The average molecular weight is 310 g/mol. The van der Waals surface area contributed by atoms with Gasteiger partial charge in [-0.05, 0) is 23.6 Å². The summed E-state index contributed by atoms with van der Waals surface area (Å²) in [7, 11) is 0. The third-order valence-electron chi connectivity index (χ3n) is 2.94. The molecule has 0 radical (unpaired) electrons. The highest BCUT2D eigenvalue weighted by Crippen LogP contribution is 2.37. The molecule has 0 fully saturated rings. The second-order valence-corrected chi connectivity index (χ2v) is 5.06. The second-order valence-electron chi connectivity index (χ2n) is 4.14. The van der Waals surface area contributed by atoms with E-state index in [4.69, 9.17) is 5.73 Å². The Kier molecular flexibility index (Phi) is 4.61. The summed E-state index contributed by atoms with van der Waals surface area (Å²) >= 11 is 3.05. The summed E-state index contributed by atoms with van der Waals surface area (Å²) in [5.74, 6) is 0.0114. The fourth-order valence-corrected chi connectivity index (χ4v) is 1.99. The Morgan fingerprint density at radius 2 is 1.94 bits per heavy atom. The molecule has 1 aromatic carbocycles. The third-order valence-corrected chi connectivity index (χ3v) is 3.43. The van der Waals surface area contributed by atoms with Gasteiger partial charge in [0, 0.05) is 10.5 Å². The van der Waals surface area contributed by atoms with Crippen molar-refractivity contribution in [3.63, 3.8) is 0 Å². The van der Waals surface area contributed by atoms with E-state index in [2.05, 4.69) is 15.9 Å². The molecule has 5 heteroatoms. The van der Waals surface area contributed by atoms with E-state index in [0.717, 1.165) is 12.5 Å². The zero-order valence-electron chi connectivity index (χ0n) is 9.68. The SMILES string of the molecule is CCC(C)C(N)c1ccc(Br)cc1C(F)(F)F. The van der Waals surface area contributed by atoms with Crippen LogP contribution in [-0.4, -0.2) is 0 Å². The minimum atomic E-state index is -4.37. The number of benzene rings is 1. The Morgan fingerprint density at radius 3 is 2.41 bits per heavy atom. The fourth-order valence-electron chi connectivity index (χ4n) is 1.63. The normalized spacial score (nSPS) is 15.7. The molecule has 0 aliphatic rings. The second kappa shape index (κ2) is 5.40. The summed E-state index contributed by atoms with van der Waals surface area (Å²) in [6.07, 6.45) is -3.63. The van der Waals surface area contributed by atoms with Crippen LogP contribution in [0, 0.1) is 5.92 Å². The number of hydrogen-bond donors (Lipinski definition) is 1. The zero-order valence-corrected chi connectivity index (χ0v) is 11.3. The highest BCUT2D eigenvalue weighted by Gasteiger charge is 2.35. The van der Waals surface area contributed by atoms with Crippen molar-refractivity contribution in [1.29, 1.82) is 0 Å². The molecule has 0 aliphatic carbocycles. The van der Waals surface area contributed by atoms with Crippen molar-refractivity contribution in [2.45, 2.75) is 32.5 Å². The van der Waals surface area contributed by atoms with Crippen LogP contribution in [0.15, 0.2) is 22.7 Å². The zero-order chi connectivity index (χ0) is 13.2. The van der Waals surface area contributed by atoms with Crippen LogP contribution in [0.5, 0.6) is 0 Å². The maximum atomic E-state index is 12.9. The van der Waals surface area contributed by atoms with Crippen LogP contribution in [-0.2, 0) is 6.18 Å². The Hall–Kier alpha value is -0.550. The first kappa shape index (κ1) is 14.5. The molecule has 2 atom stereocenters. The molecule has 0 saturated carbocycles. The van der Waals surface area contributed by atoms with E-state index in [-0.39, 0.29) is 11.5 Å². The lowest BCUT2D eigenvalue weighted by molar-refractivity contribution is -0.138. The summed E-state index contributed by atoms with van der Waals surface area (Å²) in [6, 6.07) is 3.53. The van der Waals surface area contributed by atoms with Crippen molar-refractivity contribution in [2.24, 2.45) is 11.7 Å². The maximum Gasteiger partial charge on any atom is 0.416 e. The molecule has 0 heterocycles. The first-order chi connectivity index (χ1) is 7.77. The quantitative estimate of drug-likeness (QED) is 0.873. The third kappa shape index (κ3) is 3.45. The molecule has 2 unspecified atom stereocenters. The number of halogens is 4. The molecule has 96 valence electrons. The van der Waals surface area contributed by atoms with Crippen molar-refractivity contribution in [3.05, 3.63) is 33.8 Å². The van der Waals surface area contributed by atoms with Crippen LogP contribution >= 0.6 is 15.9 Å². The Balaban J connectivity index is 3.24. The lowest BCUT2D eigenvalue weighted by atomic mass is 9.90. The first-order valence-electron chi connectivity index (χ1n) is 5.39. The molecule has 0 saturated heterocycles. The Morgan fingerprint density at radius 1 is 1.35 bits per heavy atom. The van der Waals surface area contributed by atoms with E-state index in [9.17, 15) is 13.2 Å². The van der Waals surface area contributed by atoms with E-state index in [1.165, 1.54) is 6.07 Å². The minimum Gasteiger partial charge on any atom is -0.324 e. The van der Waals surface area contributed by atoms with Gasteiger partial charge in [0.25, 0.3) is 0 Å². The van der Waals surface area contributed by atoms with Crippen LogP contribution < -0.4 is 5.73 Å². The van der Waals surface area contributed by atoms with Gasteiger partial charge in [-0.3, -0.25) is 0 Å². The number of alkyl halides is 3. The lowest BCUT2D eigenvalue weighted by Crippen LogP contribution is -2.22. The smallest absolute Gasteiger partial charge is 0.324 e. The van der Waals surface area contributed by atoms with Gasteiger partial charge in [-0.1, -0.05) is 42.3 Å². The highest BCUT2D eigenvalue weighted by molar-refractivity contribution is 9.10. The molecular formula is C12H15BrF3N. The molecule has 2 N–H and O–H groups in total. The maximum absolute atomic E-state index is 12.9. The Labute approximate surface area is 107 Å². The van der Waals surface area contributed by atoms with E-state index >= 15 is 0 Å². The van der Waals surface area contributed by atoms with Crippen molar-refractivity contribution in [2.75, 3.05) is 0 Å². The molecule has 1 nitrogen and oxygen atoms in total. The van der Waals surface area contributed by atoms with Crippen LogP contribution in [0.4, 0.5) is 13.2 Å². The first-order valence-corrected chi connectivity index (χ1v) is 6.19. The van der Waals surface area contributed by atoms with Crippen LogP contribution in [0.25, 0.3) is 0 Å². The van der Waals surface area contributed by atoms with Crippen LogP contribution in [0.3, 0.4) is 0 Å². The van der Waals surface area contributed by atoms with E-state index in [1.54, 1.807) is 6.07 Å². The van der Waals surface area contributed by atoms with Crippen LogP contribution in [0.1, 0.15) is 37.4 Å². The molecule has 0 aliphatic heterocycles. The molecule has 1 aromatic rings. The van der Waals surface area contributed by atoms with Gasteiger partial charge in [-0.25, -0.2) is 0 Å². The van der Waals surface area contributed by atoms with E-state index in [0.29, 0.717) is 4.47 Å². The molecular weight excluding hydrogens is 295 g/mol. The van der Waals surface area contributed by atoms with Gasteiger partial charge >= 0.3 is 6.18 Å². The lowest BCUT2D eigenvalue weighted by Gasteiger charge is -2.23. The molecule has 1 rings (SSSR count). The van der Waals surface area contributed by atoms with E-state index in [1.807, 2.05) is 13.8 Å². The van der Waals surface area contributed by atoms with Gasteiger partial charge in [-0.2, -0.15) is 13.2 Å². The summed E-state index contributed by atoms with van der Waals surface area (Å²) in [5.41, 5.74) is 5.39. The van der Waals surface area contributed by atoms with Gasteiger partial charge in [0.2, 0.25) is 0 Å². The molecule has 0 spiro atoms. The molecule has 17 heavy (non-hydrogen) atoms. The van der Waals surface area contributed by atoms with E-state index < -0.39 is 17.8 Å². The topological polar surface area (TPSA) is 26.0 Å². The van der Waals surface area contributed by atoms with Gasteiger partial charge < -0.3 is 5.73 Å². The van der Waals surface area contributed by atoms with Crippen molar-refractivity contribution in [1.82, 2.24) is 0 Å². The number of hydrogen-bond acceptors (Lipinski definition) is 1. The Bertz CT molecular complexity index is 390. The predicted molar refractivity (Wildman–Crippen MR) is 65.5 cm³/mol. The fraction of sp³-hybridized carbons (Fsp3) is 0.500. The van der Waals surface area contributed by atoms with Gasteiger partial charge in [0.15, 0.2) is 0 Å². The van der Waals surface area contributed by atoms with Gasteiger partial charge in [-0.15, -0.1) is 0 Å². The van der Waals surface area contributed by atoms with Crippen molar-refractivity contribution in [3.8, 4) is 0 Å². The highest BCUT2D eigenvalue weighted by atomic mass is 79.9. The predicted octanol–water partition coefficient (Wildman–Crippen LogP) is 4.51. The minimum absolute atomic E-state index is 0.0114. The monoisotopic (exact) mass is 309 g/mol. The summed E-state index contributed by atoms with van der Waals surface area (Å²) < 4.78 is 39.0. The summed E-state index contributed by atoms with van der Waals surface area (Å²) in [6.45, 7) is 3.77. The number of rotatable bonds is 3. The van der Waals surface area contributed by atoms with Crippen molar-refractivity contribution < 1.29 is 13.2 Å². The summed E-state index contributed by atoms with van der Waals surface area (Å²) in [4.78, 5) is 0. The largest absolute Gasteiger partial charge is 0.416 e. The molecule has 0 bridgehead atoms. The summed E-state index contributed by atoms with van der Waals surface area (Å²) in [5, 5.41) is 0.